The zero-order valence-corrected chi connectivity index (χ0v) is 12.7. The number of halogens is 2. The first-order valence-corrected chi connectivity index (χ1v) is 7.21. The molecule has 0 fully saturated rings. The van der Waals surface area contributed by atoms with Crippen molar-refractivity contribution >= 4 is 41.2 Å². The Morgan fingerprint density at radius 3 is 2.64 bits per heavy atom. The first-order chi connectivity index (χ1) is 10.5. The highest BCUT2D eigenvalue weighted by Crippen LogP contribution is 2.29. The number of hydrogen-bond donors (Lipinski definition) is 3. The topological polar surface area (TPSA) is 66.0 Å². The zero-order chi connectivity index (χ0) is 15.9. The van der Waals surface area contributed by atoms with Crippen LogP contribution in [0.25, 0.3) is 11.0 Å². The summed E-state index contributed by atoms with van der Waals surface area (Å²) in [4.78, 5) is 18.2. The van der Waals surface area contributed by atoms with Gasteiger partial charge in [-0.2, -0.15) is 12.6 Å². The number of thiol groups is 1. The van der Waals surface area contributed by atoms with Crippen LogP contribution in [0.3, 0.4) is 0 Å². The minimum atomic E-state index is -0.990. The van der Waals surface area contributed by atoms with Crippen molar-refractivity contribution in [3.05, 3.63) is 64.2 Å². The quantitative estimate of drug-likeness (QED) is 0.631. The van der Waals surface area contributed by atoms with Crippen molar-refractivity contribution in [1.29, 1.82) is 0 Å². The number of aromatic amines is 1. The van der Waals surface area contributed by atoms with Crippen LogP contribution >= 0.6 is 24.2 Å². The van der Waals surface area contributed by atoms with E-state index in [1.165, 1.54) is 24.3 Å². The molecule has 4 nitrogen and oxygen atoms in total. The number of carboxylic acid groups (broad SMARTS) is 1. The predicted octanol–water partition coefficient (Wildman–Crippen LogP) is 4.07. The number of nitrogens with one attached hydrogen (secondary N) is 1. The predicted molar refractivity (Wildman–Crippen MR) is 85.3 cm³/mol. The molecule has 1 heterocycles. The first-order valence-electron chi connectivity index (χ1n) is 6.31. The first kappa shape index (κ1) is 14.9. The van der Waals surface area contributed by atoms with Crippen molar-refractivity contribution in [1.82, 2.24) is 9.97 Å². The molecule has 0 saturated heterocycles. The molecule has 112 valence electrons. The van der Waals surface area contributed by atoms with E-state index < -0.39 is 17.0 Å². The molecule has 1 aromatic heterocycles. The number of rotatable bonds is 3. The summed E-state index contributed by atoms with van der Waals surface area (Å²) in [6.45, 7) is 0. The molecule has 0 aliphatic rings. The molecule has 3 aromatic rings. The van der Waals surface area contributed by atoms with Gasteiger partial charge in [0.15, 0.2) is 0 Å². The Balaban J connectivity index is 1.97. The van der Waals surface area contributed by atoms with Crippen molar-refractivity contribution in [3.63, 3.8) is 0 Å². The van der Waals surface area contributed by atoms with Gasteiger partial charge in [0.05, 0.1) is 26.9 Å². The molecule has 7 heteroatoms. The summed E-state index contributed by atoms with van der Waals surface area (Å²) in [5.41, 5.74) is 2.04. The second kappa shape index (κ2) is 5.62. The summed E-state index contributed by atoms with van der Waals surface area (Å²) < 4.78 is 13.4. The number of imidazole rings is 1. The smallest absolute Gasteiger partial charge is 0.335 e. The van der Waals surface area contributed by atoms with Crippen LogP contribution in [0.1, 0.15) is 27.0 Å². The van der Waals surface area contributed by atoms with Gasteiger partial charge in [0.1, 0.15) is 11.6 Å². The second-order valence-electron chi connectivity index (χ2n) is 4.74. The Morgan fingerprint density at radius 2 is 2.00 bits per heavy atom. The molecule has 0 bridgehead atoms. The number of carbonyl (C=O) groups is 1. The average molecular weight is 337 g/mol. The Morgan fingerprint density at radius 1 is 1.32 bits per heavy atom. The van der Waals surface area contributed by atoms with Crippen LogP contribution in [0.4, 0.5) is 4.39 Å². The standard InChI is InChI=1S/C15H10ClFN2O2S/c16-9-5-11-12(6-10(9)17)19-14(18-11)13(22)7-1-3-8(4-2-7)15(20)21/h1-6,13,22H,(H,18,19)(H,20,21). The third-order valence-corrected chi connectivity index (χ3v) is 4.11. The fraction of sp³-hybridized carbons (Fsp3) is 0.0667. The van der Waals surface area contributed by atoms with Crippen LogP contribution in [-0.2, 0) is 0 Å². The number of fused-ring (bicyclic) bond motifs is 1. The second-order valence-corrected chi connectivity index (χ2v) is 5.66. The van der Waals surface area contributed by atoms with Crippen LogP contribution in [0.5, 0.6) is 0 Å². The van der Waals surface area contributed by atoms with Gasteiger partial charge in [0, 0.05) is 6.07 Å². The number of aromatic nitrogens is 2. The maximum Gasteiger partial charge on any atom is 0.335 e. The van der Waals surface area contributed by atoms with E-state index in [2.05, 4.69) is 22.6 Å². The molecule has 0 spiro atoms. The summed E-state index contributed by atoms with van der Waals surface area (Å²) in [5.74, 6) is -0.981. The van der Waals surface area contributed by atoms with Crippen molar-refractivity contribution in [2.45, 2.75) is 5.25 Å². The number of hydrogen-bond acceptors (Lipinski definition) is 3. The molecular weight excluding hydrogens is 327 g/mol. The average Bonchev–Trinajstić information content (AvgIpc) is 2.90. The van der Waals surface area contributed by atoms with E-state index in [1.807, 2.05) is 0 Å². The molecule has 1 unspecified atom stereocenters. The molecule has 3 rings (SSSR count). The maximum atomic E-state index is 13.4. The molecular formula is C15H10ClFN2O2S. The van der Waals surface area contributed by atoms with Gasteiger partial charge in [0.2, 0.25) is 0 Å². The SMILES string of the molecule is O=C(O)c1ccc(C(S)c2nc3cc(Cl)c(F)cc3[nH]2)cc1. The van der Waals surface area contributed by atoms with Crippen molar-refractivity contribution < 1.29 is 14.3 Å². The van der Waals surface area contributed by atoms with E-state index >= 15 is 0 Å². The van der Waals surface area contributed by atoms with Gasteiger partial charge in [-0.1, -0.05) is 23.7 Å². The molecule has 2 N–H and O–H groups in total. The number of nitrogens with zero attached hydrogens (tertiary/aromatic N) is 1. The summed E-state index contributed by atoms with van der Waals surface area (Å²) in [5, 5.41) is 8.51. The molecule has 0 aliphatic heterocycles. The molecule has 2 aromatic carbocycles. The summed E-state index contributed by atoms with van der Waals surface area (Å²) in [7, 11) is 0. The lowest BCUT2D eigenvalue weighted by Crippen LogP contribution is -1.99. The van der Waals surface area contributed by atoms with Crippen LogP contribution < -0.4 is 0 Å². The fourth-order valence-corrected chi connectivity index (χ4v) is 2.57. The van der Waals surface area contributed by atoms with E-state index in [0.29, 0.717) is 16.9 Å². The minimum absolute atomic E-state index is 0.00655. The number of H-pyrrole nitrogens is 1. The molecule has 1 atom stereocenters. The van der Waals surface area contributed by atoms with Gasteiger partial charge in [-0.3, -0.25) is 0 Å². The van der Waals surface area contributed by atoms with E-state index in [0.717, 1.165) is 5.56 Å². The normalized spacial score (nSPS) is 12.5. The molecule has 0 radical (unpaired) electrons. The molecule has 22 heavy (non-hydrogen) atoms. The third-order valence-electron chi connectivity index (χ3n) is 3.27. The summed E-state index contributed by atoms with van der Waals surface area (Å²) in [6.07, 6.45) is 0. The Hall–Kier alpha value is -2.05. The van der Waals surface area contributed by atoms with E-state index in [-0.39, 0.29) is 10.6 Å². The minimum Gasteiger partial charge on any atom is -0.478 e. The summed E-state index contributed by atoms with van der Waals surface area (Å²) >= 11 is 10.2. The van der Waals surface area contributed by atoms with Gasteiger partial charge < -0.3 is 10.1 Å². The Labute approximate surface area is 135 Å². The number of carboxylic acids is 1. The lowest BCUT2D eigenvalue weighted by atomic mass is 10.1. The van der Waals surface area contributed by atoms with Gasteiger partial charge >= 0.3 is 5.97 Å². The van der Waals surface area contributed by atoms with Crippen molar-refractivity contribution in [2.24, 2.45) is 0 Å². The van der Waals surface area contributed by atoms with Crippen LogP contribution in [0, 0.1) is 5.82 Å². The number of benzene rings is 2. The summed E-state index contributed by atoms with van der Waals surface area (Å²) in [6, 6.07) is 9.06. The van der Waals surface area contributed by atoms with E-state index in [9.17, 15) is 9.18 Å². The zero-order valence-electron chi connectivity index (χ0n) is 11.0. The van der Waals surface area contributed by atoms with Gasteiger partial charge in [-0.25, -0.2) is 14.2 Å². The van der Waals surface area contributed by atoms with Gasteiger partial charge in [0.25, 0.3) is 0 Å². The third kappa shape index (κ3) is 2.67. The maximum absolute atomic E-state index is 13.4. The van der Waals surface area contributed by atoms with Crippen molar-refractivity contribution in [3.8, 4) is 0 Å². The van der Waals surface area contributed by atoms with E-state index in [1.54, 1.807) is 12.1 Å². The highest BCUT2D eigenvalue weighted by molar-refractivity contribution is 7.80. The Kier molecular flexibility index (Phi) is 3.80. The Bertz CT molecular complexity index is 825. The lowest BCUT2D eigenvalue weighted by Gasteiger charge is -2.08. The number of aromatic carboxylic acids is 1. The fourth-order valence-electron chi connectivity index (χ4n) is 2.12. The molecule has 0 aliphatic carbocycles. The van der Waals surface area contributed by atoms with Gasteiger partial charge in [-0.15, -0.1) is 0 Å². The van der Waals surface area contributed by atoms with Crippen LogP contribution in [0.2, 0.25) is 5.02 Å². The van der Waals surface area contributed by atoms with Crippen LogP contribution in [0.15, 0.2) is 36.4 Å². The van der Waals surface area contributed by atoms with E-state index in [4.69, 9.17) is 16.7 Å². The molecule has 0 saturated carbocycles. The lowest BCUT2D eigenvalue weighted by molar-refractivity contribution is 0.0697. The van der Waals surface area contributed by atoms with Crippen molar-refractivity contribution in [2.75, 3.05) is 0 Å². The highest BCUT2D eigenvalue weighted by Gasteiger charge is 2.16. The molecule has 0 amide bonds. The highest BCUT2D eigenvalue weighted by atomic mass is 35.5. The monoisotopic (exact) mass is 336 g/mol. The largest absolute Gasteiger partial charge is 0.478 e. The van der Waals surface area contributed by atoms with Gasteiger partial charge in [-0.05, 0) is 23.8 Å². The van der Waals surface area contributed by atoms with Crippen LogP contribution in [-0.4, -0.2) is 21.0 Å².